The molecule has 2 fully saturated rings. The molecule has 2 unspecified atom stereocenters. The van der Waals surface area contributed by atoms with Gasteiger partial charge in [0.2, 0.25) is 5.91 Å². The molecule has 3 nitrogen and oxygen atoms in total. The van der Waals surface area contributed by atoms with Gasteiger partial charge in [0.1, 0.15) is 6.17 Å². The van der Waals surface area contributed by atoms with Gasteiger partial charge >= 0.3 is 0 Å². The lowest BCUT2D eigenvalue weighted by molar-refractivity contribution is -0.128. The first-order valence-electron chi connectivity index (χ1n) is 7.87. The van der Waals surface area contributed by atoms with Crippen LogP contribution in [0.25, 0.3) is 0 Å². The number of thioether (sulfide) groups is 1. The molecule has 114 valence electrons. The fraction of sp³-hybridized carbons (Fsp3) is 0.588. The Balaban J connectivity index is 1.79. The van der Waals surface area contributed by atoms with Crippen LogP contribution in [0.2, 0.25) is 0 Å². The van der Waals surface area contributed by atoms with E-state index in [1.165, 1.54) is 41.7 Å². The molecule has 21 heavy (non-hydrogen) atoms. The van der Waals surface area contributed by atoms with Crippen LogP contribution in [0.15, 0.2) is 18.2 Å². The highest BCUT2D eigenvalue weighted by Gasteiger charge is 2.34. The fourth-order valence-electron chi connectivity index (χ4n) is 3.25. The van der Waals surface area contributed by atoms with Crippen molar-refractivity contribution < 1.29 is 4.79 Å². The lowest BCUT2D eigenvalue weighted by Crippen LogP contribution is -2.37. The number of rotatable bonds is 3. The van der Waals surface area contributed by atoms with Crippen molar-refractivity contribution in [3.63, 3.8) is 0 Å². The molecule has 3 rings (SSSR count). The lowest BCUT2D eigenvalue weighted by atomic mass is 10.0. The van der Waals surface area contributed by atoms with Crippen molar-refractivity contribution >= 4 is 17.7 Å². The van der Waals surface area contributed by atoms with Crippen LogP contribution >= 0.6 is 11.8 Å². The zero-order chi connectivity index (χ0) is 14.8. The summed E-state index contributed by atoms with van der Waals surface area (Å²) in [6.07, 6.45) is 3.93. The number of aryl methyl sites for hydroxylation is 2. The average molecular weight is 304 g/mol. The Hall–Kier alpha value is -1.00. The van der Waals surface area contributed by atoms with Crippen LogP contribution in [0.4, 0.5) is 0 Å². The molecule has 4 heteroatoms. The molecule has 1 N–H and O–H groups in total. The number of carbonyl (C=O) groups excluding carboxylic acids is 1. The maximum Gasteiger partial charge on any atom is 0.238 e. The van der Waals surface area contributed by atoms with Gasteiger partial charge in [0.05, 0.1) is 6.54 Å². The maximum absolute atomic E-state index is 12.3. The van der Waals surface area contributed by atoms with E-state index in [4.69, 9.17) is 0 Å². The summed E-state index contributed by atoms with van der Waals surface area (Å²) in [6.45, 7) is 5.60. The van der Waals surface area contributed by atoms with Crippen LogP contribution < -0.4 is 5.32 Å². The van der Waals surface area contributed by atoms with E-state index < -0.39 is 0 Å². The monoisotopic (exact) mass is 304 g/mol. The van der Waals surface area contributed by atoms with Gasteiger partial charge in [-0.15, -0.1) is 0 Å². The van der Waals surface area contributed by atoms with Crippen molar-refractivity contribution in [3.05, 3.63) is 34.9 Å². The first-order valence-corrected chi connectivity index (χ1v) is 8.91. The lowest BCUT2D eigenvalue weighted by Gasteiger charge is -2.31. The van der Waals surface area contributed by atoms with Crippen LogP contribution in [0.3, 0.4) is 0 Å². The van der Waals surface area contributed by atoms with E-state index in [0.717, 1.165) is 6.54 Å². The summed E-state index contributed by atoms with van der Waals surface area (Å²) < 4.78 is 0. The molecule has 0 radical (unpaired) electrons. The van der Waals surface area contributed by atoms with E-state index in [9.17, 15) is 4.79 Å². The molecule has 2 atom stereocenters. The molecule has 1 aromatic carbocycles. The third-order valence-electron chi connectivity index (χ3n) is 4.48. The predicted octanol–water partition coefficient (Wildman–Crippen LogP) is 3.02. The summed E-state index contributed by atoms with van der Waals surface area (Å²) in [6, 6.07) is 6.51. The molecule has 2 aliphatic rings. The average Bonchev–Trinajstić information content (AvgIpc) is 2.84. The van der Waals surface area contributed by atoms with Gasteiger partial charge in [-0.2, -0.15) is 11.8 Å². The SMILES string of the molecule is Cc1ccc(C)c(C2NCC(=O)N2CC2CCCCS2)c1. The van der Waals surface area contributed by atoms with Crippen LogP contribution in [0.1, 0.15) is 42.1 Å². The minimum absolute atomic E-state index is 0.0555. The Morgan fingerprint density at radius 1 is 1.33 bits per heavy atom. The van der Waals surface area contributed by atoms with Gasteiger partial charge in [-0.1, -0.05) is 30.2 Å². The molecule has 2 saturated heterocycles. The summed E-state index contributed by atoms with van der Waals surface area (Å²) >= 11 is 2.03. The Kier molecular flexibility index (Phi) is 4.55. The molecule has 0 spiro atoms. The Bertz CT molecular complexity index is 526. The first kappa shape index (κ1) is 14.9. The number of benzene rings is 1. The molecule has 0 saturated carbocycles. The molecule has 2 aliphatic heterocycles. The first-order chi connectivity index (χ1) is 10.1. The van der Waals surface area contributed by atoms with E-state index in [1.807, 2.05) is 11.8 Å². The largest absolute Gasteiger partial charge is 0.321 e. The summed E-state index contributed by atoms with van der Waals surface area (Å²) in [5, 5.41) is 4.00. The molecule has 0 bridgehead atoms. The maximum atomic E-state index is 12.3. The van der Waals surface area contributed by atoms with Crippen molar-refractivity contribution in [1.82, 2.24) is 10.2 Å². The molecule has 1 amide bonds. The summed E-state index contributed by atoms with van der Waals surface area (Å²) in [4.78, 5) is 14.3. The fourth-order valence-corrected chi connectivity index (χ4v) is 4.55. The van der Waals surface area contributed by atoms with Gasteiger partial charge in [-0.3, -0.25) is 10.1 Å². The topological polar surface area (TPSA) is 32.3 Å². The van der Waals surface area contributed by atoms with Gasteiger partial charge in [-0.25, -0.2) is 0 Å². The van der Waals surface area contributed by atoms with Crippen molar-refractivity contribution in [3.8, 4) is 0 Å². The molecule has 1 aromatic rings. The van der Waals surface area contributed by atoms with Crippen LogP contribution in [-0.2, 0) is 4.79 Å². The third kappa shape index (κ3) is 3.27. The highest BCUT2D eigenvalue weighted by Crippen LogP contribution is 2.31. The van der Waals surface area contributed by atoms with Gasteiger partial charge in [0.15, 0.2) is 0 Å². The Morgan fingerprint density at radius 3 is 2.95 bits per heavy atom. The smallest absolute Gasteiger partial charge is 0.238 e. The van der Waals surface area contributed by atoms with E-state index in [2.05, 4.69) is 42.3 Å². The normalized spacial score (nSPS) is 26.4. The predicted molar refractivity (Wildman–Crippen MR) is 88.5 cm³/mol. The zero-order valence-electron chi connectivity index (χ0n) is 12.9. The molecular weight excluding hydrogens is 280 g/mol. The van der Waals surface area contributed by atoms with Crippen LogP contribution in [-0.4, -0.2) is 34.9 Å². The number of hydrogen-bond donors (Lipinski definition) is 1. The summed E-state index contributed by atoms with van der Waals surface area (Å²) in [7, 11) is 0. The van der Waals surface area contributed by atoms with Crippen LogP contribution in [0, 0.1) is 13.8 Å². The second kappa shape index (κ2) is 6.41. The summed E-state index contributed by atoms with van der Waals surface area (Å²) in [5.74, 6) is 1.49. The van der Waals surface area contributed by atoms with E-state index >= 15 is 0 Å². The number of amides is 1. The van der Waals surface area contributed by atoms with Crippen LogP contribution in [0.5, 0.6) is 0 Å². The number of nitrogens with one attached hydrogen (secondary N) is 1. The summed E-state index contributed by atoms with van der Waals surface area (Å²) in [5.41, 5.74) is 3.76. The van der Waals surface area contributed by atoms with Gasteiger partial charge in [0.25, 0.3) is 0 Å². The second-order valence-corrected chi connectivity index (χ2v) is 7.59. The van der Waals surface area contributed by atoms with Gasteiger partial charge < -0.3 is 4.90 Å². The molecule has 2 heterocycles. The minimum Gasteiger partial charge on any atom is -0.321 e. The van der Waals surface area contributed by atoms with Crippen molar-refractivity contribution in [2.75, 3.05) is 18.8 Å². The van der Waals surface area contributed by atoms with E-state index in [1.54, 1.807) is 0 Å². The zero-order valence-corrected chi connectivity index (χ0v) is 13.7. The standard InChI is InChI=1S/C17H24N2OS/c1-12-6-7-13(2)15(9-12)17-18-10-16(20)19(17)11-14-5-3-4-8-21-14/h6-7,9,14,17-18H,3-5,8,10-11H2,1-2H3. The van der Waals surface area contributed by atoms with Crippen molar-refractivity contribution in [1.29, 1.82) is 0 Å². The quantitative estimate of drug-likeness (QED) is 0.931. The number of nitrogens with zero attached hydrogens (tertiary/aromatic N) is 1. The Morgan fingerprint density at radius 2 is 2.19 bits per heavy atom. The highest BCUT2D eigenvalue weighted by atomic mass is 32.2. The highest BCUT2D eigenvalue weighted by molar-refractivity contribution is 7.99. The van der Waals surface area contributed by atoms with Crippen molar-refractivity contribution in [2.24, 2.45) is 0 Å². The molecule has 0 aromatic heterocycles. The number of hydrogen-bond acceptors (Lipinski definition) is 3. The van der Waals surface area contributed by atoms with Crippen molar-refractivity contribution in [2.45, 2.75) is 44.5 Å². The van der Waals surface area contributed by atoms with Gasteiger partial charge in [-0.05, 0) is 43.6 Å². The van der Waals surface area contributed by atoms with E-state index in [-0.39, 0.29) is 12.1 Å². The second-order valence-electron chi connectivity index (χ2n) is 6.18. The Labute approximate surface area is 131 Å². The molecular formula is C17H24N2OS. The van der Waals surface area contributed by atoms with Gasteiger partial charge in [0, 0.05) is 11.8 Å². The third-order valence-corrected chi connectivity index (χ3v) is 5.86. The molecule has 0 aliphatic carbocycles. The number of carbonyl (C=O) groups is 1. The minimum atomic E-state index is 0.0555. The van der Waals surface area contributed by atoms with E-state index in [0.29, 0.717) is 11.8 Å².